The van der Waals surface area contributed by atoms with E-state index < -0.39 is 10.0 Å². The molecule has 5 heteroatoms. The molecule has 114 valence electrons. The number of nitrogens with zero attached hydrogens (tertiary/aromatic N) is 2. The van der Waals surface area contributed by atoms with E-state index in [0.717, 1.165) is 22.8 Å². The lowest BCUT2D eigenvalue weighted by Gasteiger charge is -2.52. The summed E-state index contributed by atoms with van der Waals surface area (Å²) in [7, 11) is -1.15. The van der Waals surface area contributed by atoms with Gasteiger partial charge in [0.15, 0.2) is 0 Å². The number of aromatic nitrogens is 2. The van der Waals surface area contributed by atoms with E-state index in [2.05, 4.69) is 48.5 Å². The Morgan fingerprint density at radius 1 is 1.27 bits per heavy atom. The second-order valence-electron chi connectivity index (χ2n) is 6.52. The zero-order valence-electron chi connectivity index (χ0n) is 13.0. The Hall–Kier alpha value is -1.64. The molecule has 1 aliphatic rings. The maximum atomic E-state index is 9.15. The van der Waals surface area contributed by atoms with E-state index in [1.807, 2.05) is 18.2 Å². The number of H-pyrrole nitrogens is 1. The molecule has 0 saturated carbocycles. The molecule has 2 heterocycles. The third kappa shape index (κ3) is 2.37. The van der Waals surface area contributed by atoms with Crippen molar-refractivity contribution in [2.75, 3.05) is 6.26 Å². The van der Waals surface area contributed by atoms with E-state index in [0.29, 0.717) is 4.64 Å². The largest absolute Gasteiger partial charge is 0.267 e. The first-order valence-electron chi connectivity index (χ1n) is 7.19. The van der Waals surface area contributed by atoms with Crippen molar-refractivity contribution in [1.29, 1.82) is 5.26 Å². The summed E-state index contributed by atoms with van der Waals surface area (Å²) in [5.74, 6) is 0.961. The van der Waals surface area contributed by atoms with E-state index in [1.165, 1.54) is 11.1 Å². The molecule has 1 aromatic heterocycles. The first-order valence-corrected chi connectivity index (χ1v) is 9.81. The van der Waals surface area contributed by atoms with Crippen molar-refractivity contribution in [2.24, 2.45) is 0 Å². The maximum Gasteiger partial charge on any atom is 0.119 e. The molecule has 1 N–H and O–H groups in total. The molecule has 1 aliphatic heterocycles. The first-order chi connectivity index (χ1) is 10.4. The third-order valence-corrected chi connectivity index (χ3v) is 9.58. The predicted octanol–water partition coefficient (Wildman–Crippen LogP) is 4.34. The van der Waals surface area contributed by atoms with Crippen LogP contribution in [0.5, 0.6) is 0 Å². The monoisotopic (exact) mass is 329 g/mol. The molecule has 2 aromatic rings. The smallest absolute Gasteiger partial charge is 0.119 e. The summed E-state index contributed by atoms with van der Waals surface area (Å²) in [5, 5.41) is 17.7. The van der Waals surface area contributed by atoms with Gasteiger partial charge in [0.1, 0.15) is 9.67 Å². The van der Waals surface area contributed by atoms with Crippen LogP contribution in [0, 0.1) is 16.0 Å². The van der Waals surface area contributed by atoms with Crippen molar-refractivity contribution in [3.8, 4) is 6.07 Å². The molecule has 1 unspecified atom stereocenters. The summed E-state index contributed by atoms with van der Waals surface area (Å²) in [4.78, 5) is 0. The Balaban J connectivity index is 2.13. The van der Waals surface area contributed by atoms with Crippen LogP contribution in [0.25, 0.3) is 0 Å². The quantitative estimate of drug-likeness (QED) is 0.792. The zero-order valence-corrected chi connectivity index (χ0v) is 14.6. The minimum absolute atomic E-state index is 0.151. The number of benzene rings is 1. The van der Waals surface area contributed by atoms with Crippen LogP contribution in [0.3, 0.4) is 0 Å². The van der Waals surface area contributed by atoms with E-state index in [4.69, 9.17) is 17.5 Å². The topological polar surface area (TPSA) is 52.5 Å². The first kappa shape index (κ1) is 15.3. The number of nitriles is 1. The summed E-state index contributed by atoms with van der Waals surface area (Å²) < 4.78 is 0.811. The fraction of sp³-hybridized carbons (Fsp3) is 0.353. The Labute approximate surface area is 137 Å². The maximum absolute atomic E-state index is 9.15. The van der Waals surface area contributed by atoms with Gasteiger partial charge in [0.25, 0.3) is 0 Å². The van der Waals surface area contributed by atoms with Gasteiger partial charge < -0.3 is 0 Å². The fourth-order valence-corrected chi connectivity index (χ4v) is 6.27. The number of fused-ring (bicyclic) bond motifs is 1. The third-order valence-electron chi connectivity index (χ3n) is 4.73. The molecule has 3 rings (SSSR count). The molecule has 0 radical (unpaired) electrons. The van der Waals surface area contributed by atoms with Crippen LogP contribution in [0.2, 0.25) is 0 Å². The standard InChI is InChI=1S/C17H19N3S2/c1-17(2)9-13-5-4-12(10-18)8-14(13)11-22(17,3)16-7-6-15(21)19-20-16/h4-8H,9,11H2,1-3H3,(H,19,21). The van der Waals surface area contributed by atoms with Crippen molar-refractivity contribution in [2.45, 2.75) is 35.8 Å². The molecule has 0 aliphatic carbocycles. The SMILES string of the molecule is CC1(C)Cc2ccc(C#N)cc2CS1(C)c1ccc(=S)[nH]n1. The Morgan fingerprint density at radius 3 is 2.68 bits per heavy atom. The van der Waals surface area contributed by atoms with Gasteiger partial charge in [0.05, 0.1) is 11.6 Å². The van der Waals surface area contributed by atoms with Gasteiger partial charge in [0.2, 0.25) is 0 Å². The van der Waals surface area contributed by atoms with Crippen molar-refractivity contribution < 1.29 is 0 Å². The molecule has 0 spiro atoms. The van der Waals surface area contributed by atoms with Crippen LogP contribution in [-0.4, -0.2) is 21.2 Å². The molecule has 1 atom stereocenters. The van der Waals surface area contributed by atoms with Gasteiger partial charge in [-0.25, -0.2) is 0 Å². The predicted molar refractivity (Wildman–Crippen MR) is 93.8 cm³/mol. The molecule has 1 aromatic carbocycles. The highest BCUT2D eigenvalue weighted by atomic mass is 32.3. The average Bonchev–Trinajstić information content (AvgIpc) is 2.48. The lowest BCUT2D eigenvalue weighted by Crippen LogP contribution is -2.36. The lowest BCUT2D eigenvalue weighted by molar-refractivity contribution is 0.669. The second kappa shape index (κ2) is 5.22. The summed E-state index contributed by atoms with van der Waals surface area (Å²) >= 11 is 5.12. The number of nitrogens with one attached hydrogen (secondary N) is 1. The van der Waals surface area contributed by atoms with Gasteiger partial charge in [-0.2, -0.15) is 20.4 Å². The summed E-state index contributed by atoms with van der Waals surface area (Å²) in [6.07, 6.45) is 3.35. The lowest BCUT2D eigenvalue weighted by atomic mass is 9.96. The van der Waals surface area contributed by atoms with Gasteiger partial charge in [-0.1, -0.05) is 32.1 Å². The van der Waals surface area contributed by atoms with Crippen LogP contribution in [0.15, 0.2) is 35.4 Å². The van der Waals surface area contributed by atoms with Crippen molar-refractivity contribution in [3.63, 3.8) is 0 Å². The average molecular weight is 329 g/mol. The van der Waals surface area contributed by atoms with Crippen LogP contribution < -0.4 is 0 Å². The molecule has 0 saturated heterocycles. The van der Waals surface area contributed by atoms with Gasteiger partial charge in [0, 0.05) is 10.5 Å². The minimum Gasteiger partial charge on any atom is -0.267 e. The van der Waals surface area contributed by atoms with Crippen molar-refractivity contribution in [1.82, 2.24) is 10.2 Å². The highest BCUT2D eigenvalue weighted by Crippen LogP contribution is 2.67. The normalized spacial score (nSPS) is 25.5. The van der Waals surface area contributed by atoms with Gasteiger partial charge in [-0.3, -0.25) is 5.10 Å². The number of aromatic amines is 1. The Kier molecular flexibility index (Phi) is 3.62. The van der Waals surface area contributed by atoms with Crippen LogP contribution in [0.4, 0.5) is 0 Å². The highest BCUT2D eigenvalue weighted by Gasteiger charge is 2.43. The van der Waals surface area contributed by atoms with E-state index in [9.17, 15) is 0 Å². The van der Waals surface area contributed by atoms with Crippen molar-refractivity contribution >= 4 is 22.2 Å². The van der Waals surface area contributed by atoms with Gasteiger partial charge >= 0.3 is 0 Å². The number of hydrogen-bond acceptors (Lipinski definition) is 3. The zero-order chi connectivity index (χ0) is 16.0. The van der Waals surface area contributed by atoms with E-state index in [1.54, 1.807) is 0 Å². The molecule has 0 bridgehead atoms. The highest BCUT2D eigenvalue weighted by molar-refractivity contribution is 8.33. The second-order valence-corrected chi connectivity index (χ2v) is 11.0. The molecule has 22 heavy (non-hydrogen) atoms. The Bertz CT molecular complexity index is 812. The van der Waals surface area contributed by atoms with E-state index in [-0.39, 0.29) is 4.75 Å². The van der Waals surface area contributed by atoms with Crippen molar-refractivity contribution in [3.05, 3.63) is 51.7 Å². The van der Waals surface area contributed by atoms with Crippen LogP contribution >= 0.6 is 22.2 Å². The van der Waals surface area contributed by atoms with Crippen LogP contribution in [-0.2, 0) is 12.2 Å². The molecular weight excluding hydrogens is 310 g/mol. The molecule has 3 nitrogen and oxygen atoms in total. The van der Waals surface area contributed by atoms with E-state index >= 15 is 0 Å². The number of rotatable bonds is 1. The molecule has 0 amide bonds. The minimum atomic E-state index is -1.15. The summed E-state index contributed by atoms with van der Waals surface area (Å²) in [6, 6.07) is 12.3. The molecule has 0 fully saturated rings. The summed E-state index contributed by atoms with van der Waals surface area (Å²) in [6.45, 7) is 4.65. The van der Waals surface area contributed by atoms with Gasteiger partial charge in [-0.15, -0.1) is 0 Å². The van der Waals surface area contributed by atoms with Gasteiger partial charge in [-0.05, 0) is 48.1 Å². The number of hydrogen-bond donors (Lipinski definition) is 1. The summed E-state index contributed by atoms with van der Waals surface area (Å²) in [5.41, 5.74) is 3.39. The van der Waals surface area contributed by atoms with Crippen LogP contribution in [0.1, 0.15) is 30.5 Å². The molecular formula is C17H19N3S2. The fourth-order valence-electron chi connectivity index (χ4n) is 3.07. The Morgan fingerprint density at radius 2 is 2.05 bits per heavy atom.